The molecule has 0 amide bonds. The summed E-state index contributed by atoms with van der Waals surface area (Å²) in [6.07, 6.45) is -0.498. The standard InChI is InChI=1S/C5H14NO.C5H12O2.H3O4P/c1-6(2,3)4-5-7;1-3-5(7)4(2)6;1-5(2,3)4/h7H,4-5H2,1-3H3;4-7H,3H2,1-2H3;(H3,1,2,3,4)/q+1;;. The van der Waals surface area contributed by atoms with Crippen LogP contribution in [0.3, 0.4) is 0 Å². The number of quaternary nitrogens is 1. The lowest BCUT2D eigenvalue weighted by molar-refractivity contribution is -0.870. The molecular formula is C10H29NO7P+. The van der Waals surface area contributed by atoms with Gasteiger partial charge >= 0.3 is 7.82 Å². The molecule has 0 radical (unpaired) electrons. The molecule has 0 aliphatic carbocycles. The summed E-state index contributed by atoms with van der Waals surface area (Å²) < 4.78 is 9.73. The summed E-state index contributed by atoms with van der Waals surface area (Å²) in [7, 11) is 1.52. The van der Waals surface area contributed by atoms with Gasteiger partial charge in [0, 0.05) is 0 Å². The van der Waals surface area contributed by atoms with Crippen molar-refractivity contribution in [2.75, 3.05) is 34.3 Å². The van der Waals surface area contributed by atoms with Crippen LogP contribution in [0.5, 0.6) is 0 Å². The van der Waals surface area contributed by atoms with Crippen LogP contribution < -0.4 is 0 Å². The van der Waals surface area contributed by atoms with Crippen LogP contribution in [0.15, 0.2) is 0 Å². The van der Waals surface area contributed by atoms with E-state index in [0.29, 0.717) is 6.42 Å². The van der Waals surface area contributed by atoms with Crippen molar-refractivity contribution in [2.24, 2.45) is 0 Å². The zero-order chi connectivity index (χ0) is 16.3. The van der Waals surface area contributed by atoms with Crippen molar-refractivity contribution in [1.82, 2.24) is 0 Å². The van der Waals surface area contributed by atoms with Gasteiger partial charge in [0.2, 0.25) is 0 Å². The van der Waals surface area contributed by atoms with E-state index in [1.165, 1.54) is 0 Å². The Labute approximate surface area is 114 Å². The molecule has 0 aliphatic heterocycles. The highest BCUT2D eigenvalue weighted by molar-refractivity contribution is 7.45. The molecule has 120 valence electrons. The maximum absolute atomic E-state index is 8.88. The van der Waals surface area contributed by atoms with Crippen molar-refractivity contribution < 1.29 is 39.0 Å². The van der Waals surface area contributed by atoms with Crippen molar-refractivity contribution >= 4 is 7.82 Å². The lowest BCUT2D eigenvalue weighted by Gasteiger charge is -2.21. The summed E-state index contributed by atoms with van der Waals surface area (Å²) in [6, 6.07) is 0. The van der Waals surface area contributed by atoms with E-state index in [2.05, 4.69) is 21.1 Å². The molecule has 8 nitrogen and oxygen atoms in total. The minimum atomic E-state index is -4.64. The van der Waals surface area contributed by atoms with Crippen LogP contribution in [0.2, 0.25) is 0 Å². The first kappa shape index (κ1) is 24.0. The second-order valence-electron chi connectivity index (χ2n) is 4.97. The molecule has 0 aromatic rings. The van der Waals surface area contributed by atoms with Crippen molar-refractivity contribution in [3.8, 4) is 0 Å². The molecule has 0 saturated carbocycles. The molecule has 0 fully saturated rings. The molecule has 9 heteroatoms. The van der Waals surface area contributed by atoms with Crippen LogP contribution in [-0.2, 0) is 4.57 Å². The minimum Gasteiger partial charge on any atom is -0.391 e. The molecule has 0 aromatic carbocycles. The van der Waals surface area contributed by atoms with Crippen molar-refractivity contribution in [3.63, 3.8) is 0 Å². The fourth-order valence-electron chi connectivity index (χ4n) is 0.641. The maximum Gasteiger partial charge on any atom is 0.466 e. The van der Waals surface area contributed by atoms with Crippen LogP contribution in [0, 0.1) is 0 Å². The van der Waals surface area contributed by atoms with E-state index < -0.39 is 20.0 Å². The monoisotopic (exact) mass is 306 g/mol. The smallest absolute Gasteiger partial charge is 0.391 e. The predicted molar refractivity (Wildman–Crippen MR) is 72.2 cm³/mol. The molecule has 0 bridgehead atoms. The third kappa shape index (κ3) is 46.1. The average Bonchev–Trinajstić information content (AvgIpc) is 2.12. The zero-order valence-corrected chi connectivity index (χ0v) is 13.2. The Hall–Kier alpha value is -0.0500. The van der Waals surface area contributed by atoms with Crippen LogP contribution in [0.4, 0.5) is 0 Å². The first-order valence-corrected chi connectivity index (χ1v) is 7.36. The Morgan fingerprint density at radius 1 is 1.11 bits per heavy atom. The van der Waals surface area contributed by atoms with Gasteiger partial charge in [-0.1, -0.05) is 6.92 Å². The van der Waals surface area contributed by atoms with Crippen molar-refractivity contribution in [2.45, 2.75) is 32.5 Å². The lowest BCUT2D eigenvalue weighted by Crippen LogP contribution is -2.36. The summed E-state index contributed by atoms with van der Waals surface area (Å²) in [5.41, 5.74) is 0. The van der Waals surface area contributed by atoms with Crippen molar-refractivity contribution in [3.05, 3.63) is 0 Å². The van der Waals surface area contributed by atoms with Gasteiger partial charge in [-0.3, -0.25) is 0 Å². The van der Waals surface area contributed by atoms with Crippen LogP contribution in [0.25, 0.3) is 0 Å². The van der Waals surface area contributed by atoms with Crippen molar-refractivity contribution in [1.29, 1.82) is 0 Å². The maximum atomic E-state index is 8.88. The molecule has 0 spiro atoms. The Bertz CT molecular complexity index is 228. The second-order valence-corrected chi connectivity index (χ2v) is 5.99. The number of likely N-dealkylation sites (N-methyl/N-ethyl adjacent to an activating group) is 1. The first-order chi connectivity index (χ1) is 8.24. The molecular weight excluding hydrogens is 277 g/mol. The normalized spacial score (nSPS) is 14.5. The van der Waals surface area contributed by atoms with E-state index in [4.69, 9.17) is 34.6 Å². The van der Waals surface area contributed by atoms with Gasteiger partial charge < -0.3 is 34.5 Å². The zero-order valence-electron chi connectivity index (χ0n) is 12.3. The third-order valence-corrected chi connectivity index (χ3v) is 1.75. The predicted octanol–water partition coefficient (Wildman–Crippen LogP) is -1.11. The van der Waals surface area contributed by atoms with Gasteiger partial charge in [-0.15, -0.1) is 0 Å². The summed E-state index contributed by atoms with van der Waals surface area (Å²) >= 11 is 0. The summed E-state index contributed by atoms with van der Waals surface area (Å²) in [6.45, 7) is 4.52. The van der Waals surface area contributed by atoms with Gasteiger partial charge in [0.25, 0.3) is 0 Å². The second kappa shape index (κ2) is 11.7. The number of rotatable bonds is 4. The topological polar surface area (TPSA) is 138 Å². The number of hydrogen-bond donors (Lipinski definition) is 6. The highest BCUT2D eigenvalue weighted by Gasteiger charge is 2.05. The Kier molecular flexibility index (Phi) is 14.8. The van der Waals surface area contributed by atoms with Gasteiger partial charge in [0.15, 0.2) is 0 Å². The van der Waals surface area contributed by atoms with E-state index in [1.807, 2.05) is 6.92 Å². The van der Waals surface area contributed by atoms with Crippen LogP contribution in [-0.4, -0.2) is 81.0 Å². The lowest BCUT2D eigenvalue weighted by atomic mass is 10.2. The number of phosphoric acid groups is 1. The molecule has 19 heavy (non-hydrogen) atoms. The average molecular weight is 306 g/mol. The van der Waals surface area contributed by atoms with E-state index >= 15 is 0 Å². The molecule has 0 aromatic heterocycles. The fraction of sp³-hybridized carbons (Fsp3) is 1.00. The van der Waals surface area contributed by atoms with Crippen LogP contribution in [0.1, 0.15) is 20.3 Å². The van der Waals surface area contributed by atoms with Gasteiger partial charge in [-0.25, -0.2) is 4.57 Å². The van der Waals surface area contributed by atoms with E-state index in [1.54, 1.807) is 6.92 Å². The van der Waals surface area contributed by atoms with E-state index in [-0.39, 0.29) is 6.61 Å². The summed E-state index contributed by atoms with van der Waals surface area (Å²) in [5, 5.41) is 25.6. The third-order valence-electron chi connectivity index (χ3n) is 1.75. The molecule has 0 heterocycles. The van der Waals surface area contributed by atoms with E-state index in [9.17, 15) is 0 Å². The molecule has 0 rings (SSSR count). The highest BCUT2D eigenvalue weighted by Crippen LogP contribution is 2.25. The molecule has 6 N–H and O–H groups in total. The minimum absolute atomic E-state index is 0.281. The number of aliphatic hydroxyl groups is 3. The Balaban J connectivity index is -0.000000206. The van der Waals surface area contributed by atoms with Gasteiger partial charge in [-0.05, 0) is 13.3 Å². The van der Waals surface area contributed by atoms with Gasteiger partial charge in [0.1, 0.15) is 6.54 Å². The SMILES string of the molecule is CCC(O)C(C)O.C[N+](C)(C)CCO.O=P(O)(O)O. The van der Waals surface area contributed by atoms with Crippen LogP contribution >= 0.6 is 7.82 Å². The highest BCUT2D eigenvalue weighted by atomic mass is 31.2. The van der Waals surface area contributed by atoms with E-state index in [0.717, 1.165) is 11.0 Å². The molecule has 2 unspecified atom stereocenters. The first-order valence-electron chi connectivity index (χ1n) is 5.80. The molecule has 0 aliphatic rings. The largest absolute Gasteiger partial charge is 0.466 e. The quantitative estimate of drug-likeness (QED) is 0.286. The van der Waals surface area contributed by atoms with Gasteiger partial charge in [-0.2, -0.15) is 0 Å². The van der Waals surface area contributed by atoms with Gasteiger partial charge in [0.05, 0.1) is 40.0 Å². The Morgan fingerprint density at radius 2 is 1.42 bits per heavy atom. The Morgan fingerprint density at radius 3 is 1.42 bits per heavy atom. The summed E-state index contributed by atoms with van der Waals surface area (Å²) in [4.78, 5) is 21.6. The number of nitrogens with zero attached hydrogens (tertiary/aromatic N) is 1. The fourth-order valence-corrected chi connectivity index (χ4v) is 0.641. The summed E-state index contributed by atoms with van der Waals surface area (Å²) in [5.74, 6) is 0. The number of hydrogen-bond acceptors (Lipinski definition) is 4. The molecule has 0 saturated heterocycles. The number of aliphatic hydroxyl groups excluding tert-OH is 3. The molecule has 2 atom stereocenters.